The molecule has 0 aromatic heterocycles. The van der Waals surface area contributed by atoms with Crippen molar-refractivity contribution in [3.05, 3.63) is 11.8 Å². The molecule has 0 aromatic carbocycles. The Morgan fingerprint density at radius 1 is 1.42 bits per heavy atom. The van der Waals surface area contributed by atoms with Crippen molar-refractivity contribution >= 4 is 11.9 Å². The second-order valence-electron chi connectivity index (χ2n) is 6.13. The molecule has 108 valence electrons. The number of nitrogens with zero attached hydrogens (tertiary/aromatic N) is 1. The topological polar surface area (TPSA) is 58.6 Å². The SMILES string of the molecule is CN(C)/C=C1/C[C@@H](NC(=O)OC(C)(C)C)CCC1=O. The Bertz CT molecular complexity index is 381. The van der Waals surface area contributed by atoms with Gasteiger partial charge in [0.05, 0.1) is 0 Å². The van der Waals surface area contributed by atoms with Crippen molar-refractivity contribution in [2.75, 3.05) is 14.1 Å². The van der Waals surface area contributed by atoms with Crippen molar-refractivity contribution in [1.82, 2.24) is 10.2 Å². The predicted octanol–water partition coefficient (Wildman–Crippen LogP) is 2.08. The fourth-order valence-corrected chi connectivity index (χ4v) is 1.98. The van der Waals surface area contributed by atoms with E-state index in [9.17, 15) is 9.59 Å². The van der Waals surface area contributed by atoms with Crippen LogP contribution in [0.15, 0.2) is 11.8 Å². The first-order chi connectivity index (χ1) is 8.67. The molecule has 0 bridgehead atoms. The number of hydrogen-bond donors (Lipinski definition) is 1. The van der Waals surface area contributed by atoms with Crippen molar-refractivity contribution in [1.29, 1.82) is 0 Å². The average Bonchev–Trinajstić information content (AvgIpc) is 2.19. The molecule has 0 radical (unpaired) electrons. The number of amides is 1. The summed E-state index contributed by atoms with van der Waals surface area (Å²) < 4.78 is 5.22. The maximum Gasteiger partial charge on any atom is 0.407 e. The van der Waals surface area contributed by atoms with Gasteiger partial charge in [-0.3, -0.25) is 4.79 Å². The first kappa shape index (κ1) is 15.5. The largest absolute Gasteiger partial charge is 0.444 e. The van der Waals surface area contributed by atoms with Gasteiger partial charge in [0.15, 0.2) is 5.78 Å². The summed E-state index contributed by atoms with van der Waals surface area (Å²) in [5, 5.41) is 2.83. The molecule has 1 N–H and O–H groups in total. The summed E-state index contributed by atoms with van der Waals surface area (Å²) >= 11 is 0. The van der Waals surface area contributed by atoms with E-state index in [-0.39, 0.29) is 11.8 Å². The number of Topliss-reactive ketones (excluding diaryl/α,β-unsaturated/α-hetero) is 1. The fourth-order valence-electron chi connectivity index (χ4n) is 1.98. The van der Waals surface area contributed by atoms with Crippen LogP contribution < -0.4 is 5.32 Å². The Balaban J connectivity index is 2.57. The van der Waals surface area contributed by atoms with E-state index in [0.29, 0.717) is 19.3 Å². The van der Waals surface area contributed by atoms with Gasteiger partial charge in [0, 0.05) is 38.3 Å². The van der Waals surface area contributed by atoms with Crippen molar-refractivity contribution in [3.63, 3.8) is 0 Å². The third-order valence-electron chi connectivity index (χ3n) is 2.68. The molecule has 1 aliphatic carbocycles. The highest BCUT2D eigenvalue weighted by Gasteiger charge is 2.26. The molecule has 1 fully saturated rings. The maximum absolute atomic E-state index is 11.8. The monoisotopic (exact) mass is 268 g/mol. The Morgan fingerprint density at radius 3 is 2.58 bits per heavy atom. The van der Waals surface area contributed by atoms with Crippen molar-refractivity contribution in [2.24, 2.45) is 0 Å². The Morgan fingerprint density at radius 2 is 2.05 bits per heavy atom. The van der Waals surface area contributed by atoms with E-state index < -0.39 is 11.7 Å². The fraction of sp³-hybridized carbons (Fsp3) is 0.714. The maximum atomic E-state index is 11.8. The van der Waals surface area contributed by atoms with Gasteiger partial charge >= 0.3 is 6.09 Å². The zero-order valence-corrected chi connectivity index (χ0v) is 12.4. The van der Waals surface area contributed by atoms with Crippen molar-refractivity contribution in [3.8, 4) is 0 Å². The van der Waals surface area contributed by atoms with Gasteiger partial charge < -0.3 is 15.0 Å². The summed E-state index contributed by atoms with van der Waals surface area (Å²) in [6.07, 6.45) is 3.11. The second-order valence-corrected chi connectivity index (χ2v) is 6.13. The first-order valence-electron chi connectivity index (χ1n) is 6.57. The molecule has 0 unspecified atom stereocenters. The van der Waals surface area contributed by atoms with E-state index in [1.807, 2.05) is 46.0 Å². The highest BCUT2D eigenvalue weighted by atomic mass is 16.6. The Kier molecular flexibility index (Phi) is 4.97. The van der Waals surface area contributed by atoms with Crippen LogP contribution in [0, 0.1) is 0 Å². The van der Waals surface area contributed by atoms with Crippen LogP contribution in [0.2, 0.25) is 0 Å². The molecule has 1 aliphatic rings. The summed E-state index contributed by atoms with van der Waals surface area (Å²) in [5.41, 5.74) is 0.258. The van der Waals surface area contributed by atoms with E-state index in [1.165, 1.54) is 0 Å². The number of carbonyl (C=O) groups excluding carboxylic acids is 2. The van der Waals surface area contributed by atoms with Gasteiger partial charge in [-0.2, -0.15) is 0 Å². The summed E-state index contributed by atoms with van der Waals surface area (Å²) in [4.78, 5) is 25.3. The standard InChI is InChI=1S/C14H24N2O3/c1-14(2,3)19-13(18)15-11-6-7-12(17)10(8-11)9-16(4)5/h9,11H,6-8H2,1-5H3,(H,15,18)/b10-9-/t11-/m0/s1. The number of hydrogen-bond acceptors (Lipinski definition) is 4. The van der Waals surface area contributed by atoms with Crippen LogP contribution in [0.5, 0.6) is 0 Å². The molecule has 1 atom stereocenters. The van der Waals surface area contributed by atoms with Gasteiger partial charge in [-0.05, 0) is 33.6 Å². The minimum absolute atomic E-state index is 0.0289. The summed E-state index contributed by atoms with van der Waals surface area (Å²) in [7, 11) is 3.76. The number of carbonyl (C=O) groups is 2. The van der Waals surface area contributed by atoms with Crippen LogP contribution in [0.1, 0.15) is 40.0 Å². The summed E-state index contributed by atoms with van der Waals surface area (Å²) in [6.45, 7) is 5.48. The Labute approximate surface area is 115 Å². The quantitative estimate of drug-likeness (QED) is 0.779. The molecular weight excluding hydrogens is 244 g/mol. The zero-order valence-electron chi connectivity index (χ0n) is 12.4. The number of alkyl carbamates (subject to hydrolysis) is 1. The first-order valence-corrected chi connectivity index (χ1v) is 6.57. The van der Waals surface area contributed by atoms with Gasteiger partial charge in [0.1, 0.15) is 5.60 Å². The number of rotatable bonds is 2. The lowest BCUT2D eigenvalue weighted by molar-refractivity contribution is -0.116. The zero-order chi connectivity index (χ0) is 14.6. The molecule has 0 saturated heterocycles. The molecule has 1 saturated carbocycles. The normalized spacial score (nSPS) is 22.3. The molecule has 0 aliphatic heterocycles. The molecule has 0 heterocycles. The molecule has 0 spiro atoms. The lowest BCUT2D eigenvalue weighted by atomic mass is 9.90. The van der Waals surface area contributed by atoms with Crippen LogP contribution in [0.3, 0.4) is 0 Å². The third kappa shape index (κ3) is 5.77. The van der Waals surface area contributed by atoms with Crippen molar-refractivity contribution < 1.29 is 14.3 Å². The molecule has 5 heteroatoms. The van der Waals surface area contributed by atoms with E-state index in [2.05, 4.69) is 5.32 Å². The highest BCUT2D eigenvalue weighted by Crippen LogP contribution is 2.21. The predicted molar refractivity (Wildman–Crippen MR) is 73.8 cm³/mol. The van der Waals surface area contributed by atoms with Gasteiger partial charge in [0.2, 0.25) is 0 Å². The smallest absolute Gasteiger partial charge is 0.407 e. The van der Waals surface area contributed by atoms with Crippen molar-refractivity contribution in [2.45, 2.75) is 51.7 Å². The van der Waals surface area contributed by atoms with Crippen LogP contribution in [-0.4, -0.2) is 42.5 Å². The Hall–Kier alpha value is -1.52. The number of ether oxygens (including phenoxy) is 1. The van der Waals surface area contributed by atoms with Crippen LogP contribution in [-0.2, 0) is 9.53 Å². The number of nitrogens with one attached hydrogen (secondary N) is 1. The minimum atomic E-state index is -0.503. The summed E-state index contributed by atoms with van der Waals surface area (Å²) in [6, 6.07) is -0.0289. The molecule has 1 rings (SSSR count). The molecular formula is C14H24N2O3. The lowest BCUT2D eigenvalue weighted by Crippen LogP contribution is -2.41. The van der Waals surface area contributed by atoms with Crippen LogP contribution >= 0.6 is 0 Å². The average molecular weight is 268 g/mol. The lowest BCUT2D eigenvalue weighted by Gasteiger charge is -2.27. The molecule has 0 aromatic rings. The van der Waals surface area contributed by atoms with E-state index in [0.717, 1.165) is 5.57 Å². The van der Waals surface area contributed by atoms with Gasteiger partial charge in [-0.15, -0.1) is 0 Å². The van der Waals surface area contributed by atoms with E-state index in [4.69, 9.17) is 4.74 Å². The second kappa shape index (κ2) is 6.08. The van der Waals surface area contributed by atoms with E-state index in [1.54, 1.807) is 0 Å². The van der Waals surface area contributed by atoms with Gasteiger partial charge in [0.25, 0.3) is 0 Å². The molecule has 19 heavy (non-hydrogen) atoms. The molecule has 5 nitrogen and oxygen atoms in total. The van der Waals surface area contributed by atoms with E-state index >= 15 is 0 Å². The summed E-state index contributed by atoms with van der Waals surface area (Å²) in [5.74, 6) is 0.163. The van der Waals surface area contributed by atoms with Crippen LogP contribution in [0.4, 0.5) is 4.79 Å². The van der Waals surface area contributed by atoms with Gasteiger partial charge in [-0.1, -0.05) is 0 Å². The molecule has 1 amide bonds. The van der Waals surface area contributed by atoms with Crippen LogP contribution in [0.25, 0.3) is 0 Å². The minimum Gasteiger partial charge on any atom is -0.444 e. The number of ketones is 1. The van der Waals surface area contributed by atoms with Gasteiger partial charge in [-0.25, -0.2) is 4.79 Å². The third-order valence-corrected chi connectivity index (χ3v) is 2.68. The highest BCUT2D eigenvalue weighted by molar-refractivity contribution is 5.96.